The Morgan fingerprint density at radius 3 is 2.92 bits per heavy atom. The van der Waals surface area contributed by atoms with E-state index in [0.717, 1.165) is 25.9 Å². The van der Waals surface area contributed by atoms with Crippen molar-refractivity contribution in [1.82, 2.24) is 30.0 Å². The monoisotopic (exact) mass is 391 g/mol. The summed E-state index contributed by atoms with van der Waals surface area (Å²) in [5, 5.41) is 10.9. The Morgan fingerprint density at radius 1 is 1.31 bits per heavy atom. The van der Waals surface area contributed by atoms with Gasteiger partial charge in [0, 0.05) is 22.8 Å². The fourth-order valence-electron chi connectivity index (χ4n) is 2.82. The third kappa shape index (κ3) is 4.06. The molecule has 1 fully saturated rings. The Morgan fingerprint density at radius 2 is 2.15 bits per heavy atom. The summed E-state index contributed by atoms with van der Waals surface area (Å²) in [6.45, 7) is 2.07. The fourth-order valence-corrected chi connectivity index (χ4v) is 3.80. The molecule has 0 spiro atoms. The van der Waals surface area contributed by atoms with Crippen LogP contribution in [-0.2, 0) is 0 Å². The Bertz CT molecular complexity index is 861. The maximum atomic E-state index is 12.5. The van der Waals surface area contributed by atoms with Crippen LogP contribution in [0.1, 0.15) is 34.0 Å². The number of piperidine rings is 1. The maximum Gasteiger partial charge on any atom is 0.257 e. The Kier molecular flexibility index (Phi) is 5.92. The van der Waals surface area contributed by atoms with Gasteiger partial charge in [0.05, 0.1) is 0 Å². The van der Waals surface area contributed by atoms with Crippen LogP contribution in [0.25, 0.3) is 5.82 Å². The topological polar surface area (TPSA) is 97.6 Å². The van der Waals surface area contributed by atoms with Gasteiger partial charge in [0.2, 0.25) is 0 Å². The zero-order valence-electron chi connectivity index (χ0n) is 13.8. The highest BCUT2D eigenvalue weighted by Crippen LogP contribution is 2.31. The van der Waals surface area contributed by atoms with Crippen molar-refractivity contribution in [2.45, 2.75) is 18.8 Å². The van der Waals surface area contributed by atoms with Gasteiger partial charge in [-0.1, -0.05) is 0 Å². The van der Waals surface area contributed by atoms with Gasteiger partial charge in [0.25, 0.3) is 5.91 Å². The highest BCUT2D eigenvalue weighted by molar-refractivity contribution is 7.15. The van der Waals surface area contributed by atoms with Gasteiger partial charge in [-0.15, -0.1) is 23.7 Å². The van der Waals surface area contributed by atoms with Gasteiger partial charge in [0.1, 0.15) is 12.7 Å². The molecule has 0 unspecified atom stereocenters. The molecule has 26 heavy (non-hydrogen) atoms. The lowest BCUT2D eigenvalue weighted by Gasteiger charge is -2.20. The molecule has 0 radical (unpaired) electrons. The van der Waals surface area contributed by atoms with Crippen LogP contribution in [0.5, 0.6) is 0 Å². The Balaban J connectivity index is 0.00000196. The van der Waals surface area contributed by atoms with Crippen LogP contribution in [-0.4, -0.2) is 43.7 Å². The van der Waals surface area contributed by atoms with Crippen LogP contribution in [0.15, 0.2) is 37.2 Å². The first-order chi connectivity index (χ1) is 12.3. The van der Waals surface area contributed by atoms with Crippen molar-refractivity contribution in [3.8, 4) is 5.82 Å². The number of aromatic nitrogens is 5. The van der Waals surface area contributed by atoms with Gasteiger partial charge in [-0.25, -0.2) is 19.6 Å². The lowest BCUT2D eigenvalue weighted by atomic mass is 9.97. The van der Waals surface area contributed by atoms with Crippen LogP contribution in [0.2, 0.25) is 0 Å². The number of halogens is 1. The highest BCUT2D eigenvalue weighted by Gasteiger charge is 2.18. The molecule has 3 aromatic heterocycles. The summed E-state index contributed by atoms with van der Waals surface area (Å²) < 4.78 is 1.51. The van der Waals surface area contributed by atoms with E-state index < -0.39 is 0 Å². The minimum atomic E-state index is -0.213. The van der Waals surface area contributed by atoms with Crippen molar-refractivity contribution in [3.05, 3.63) is 47.6 Å². The smallest absolute Gasteiger partial charge is 0.257 e. The number of amides is 1. The number of rotatable bonds is 4. The van der Waals surface area contributed by atoms with E-state index in [9.17, 15) is 4.79 Å². The lowest BCUT2D eigenvalue weighted by molar-refractivity contribution is 0.102. The number of pyridine rings is 1. The predicted octanol–water partition coefficient (Wildman–Crippen LogP) is 2.26. The molecule has 1 amide bonds. The first-order valence-electron chi connectivity index (χ1n) is 8.08. The molecule has 136 valence electrons. The second kappa shape index (κ2) is 8.35. The minimum absolute atomic E-state index is 0. The van der Waals surface area contributed by atoms with Crippen molar-refractivity contribution in [1.29, 1.82) is 0 Å². The summed E-state index contributed by atoms with van der Waals surface area (Å²) in [7, 11) is 0. The fraction of sp³-hybridized carbons (Fsp3) is 0.312. The molecule has 3 aromatic rings. The minimum Gasteiger partial charge on any atom is -0.317 e. The van der Waals surface area contributed by atoms with Crippen LogP contribution in [0.4, 0.5) is 5.13 Å². The average molecular weight is 392 g/mol. The van der Waals surface area contributed by atoms with Crippen LogP contribution >= 0.6 is 23.7 Å². The highest BCUT2D eigenvalue weighted by atomic mass is 35.5. The molecule has 10 heteroatoms. The van der Waals surface area contributed by atoms with Crippen molar-refractivity contribution in [3.63, 3.8) is 0 Å². The number of carbonyl (C=O) groups is 1. The second-order valence-electron chi connectivity index (χ2n) is 5.79. The van der Waals surface area contributed by atoms with E-state index >= 15 is 0 Å². The quantitative estimate of drug-likeness (QED) is 0.708. The van der Waals surface area contributed by atoms with E-state index in [1.165, 1.54) is 22.2 Å². The molecule has 0 bridgehead atoms. The maximum absolute atomic E-state index is 12.5. The average Bonchev–Trinajstić information content (AvgIpc) is 3.35. The van der Waals surface area contributed by atoms with Gasteiger partial charge < -0.3 is 5.32 Å². The molecular weight excluding hydrogens is 374 g/mol. The number of anilines is 1. The molecule has 4 rings (SSSR count). The van der Waals surface area contributed by atoms with Crippen molar-refractivity contribution >= 4 is 34.8 Å². The molecule has 1 saturated heterocycles. The summed E-state index contributed by atoms with van der Waals surface area (Å²) in [4.78, 5) is 26.2. The van der Waals surface area contributed by atoms with Crippen molar-refractivity contribution in [2.24, 2.45) is 0 Å². The number of hydrogen-bond donors (Lipinski definition) is 2. The molecule has 0 aliphatic carbocycles. The number of hydrogen-bond acceptors (Lipinski definition) is 7. The third-order valence-corrected chi connectivity index (χ3v) is 5.22. The van der Waals surface area contributed by atoms with E-state index in [1.807, 2.05) is 6.20 Å². The van der Waals surface area contributed by atoms with Crippen LogP contribution < -0.4 is 10.6 Å². The summed E-state index contributed by atoms with van der Waals surface area (Å²) >= 11 is 1.55. The Labute approximate surface area is 160 Å². The normalized spacial score (nSPS) is 14.6. The van der Waals surface area contributed by atoms with Crippen molar-refractivity contribution < 1.29 is 4.79 Å². The number of carbonyl (C=O) groups excluding carboxylic acids is 1. The third-order valence-electron chi connectivity index (χ3n) is 4.15. The first kappa shape index (κ1) is 18.4. The molecular formula is C16H18ClN7OS. The standard InChI is InChI=1S/C16H17N7OS.ClH/c24-15(12-3-6-19-14(7-12)23-10-18-9-21-23)22-16-20-8-13(25-16)11-1-4-17-5-2-11;/h3,6-11,17H,1-2,4-5H2,(H,20,22,24);1H. The van der Waals surface area contributed by atoms with Crippen LogP contribution in [0.3, 0.4) is 0 Å². The molecule has 0 saturated carbocycles. The van der Waals surface area contributed by atoms with E-state index in [2.05, 4.69) is 30.7 Å². The SMILES string of the molecule is Cl.O=C(Nc1ncc(C2CCNCC2)s1)c1ccnc(-n2cncn2)c1. The number of nitrogens with zero attached hydrogens (tertiary/aromatic N) is 5. The summed E-state index contributed by atoms with van der Waals surface area (Å²) in [6.07, 6.45) is 8.64. The molecule has 0 atom stereocenters. The predicted molar refractivity (Wildman–Crippen MR) is 101 cm³/mol. The zero-order chi connectivity index (χ0) is 17.1. The number of thiazole rings is 1. The number of nitrogens with one attached hydrogen (secondary N) is 2. The molecule has 4 heterocycles. The second-order valence-corrected chi connectivity index (χ2v) is 6.85. The molecule has 1 aliphatic heterocycles. The first-order valence-corrected chi connectivity index (χ1v) is 8.90. The van der Waals surface area contributed by atoms with Gasteiger partial charge in [0.15, 0.2) is 10.9 Å². The van der Waals surface area contributed by atoms with E-state index in [-0.39, 0.29) is 18.3 Å². The molecule has 8 nitrogen and oxygen atoms in total. The largest absolute Gasteiger partial charge is 0.317 e. The van der Waals surface area contributed by atoms with Gasteiger partial charge in [-0.2, -0.15) is 5.10 Å². The van der Waals surface area contributed by atoms with Gasteiger partial charge in [-0.05, 0) is 44.0 Å². The lowest BCUT2D eigenvalue weighted by Crippen LogP contribution is -2.26. The summed E-state index contributed by atoms with van der Waals surface area (Å²) in [6, 6.07) is 3.34. The zero-order valence-corrected chi connectivity index (χ0v) is 15.5. The van der Waals surface area contributed by atoms with Gasteiger partial charge in [-0.3, -0.25) is 10.1 Å². The van der Waals surface area contributed by atoms with Gasteiger partial charge >= 0.3 is 0 Å². The molecule has 2 N–H and O–H groups in total. The summed E-state index contributed by atoms with van der Waals surface area (Å²) in [5.41, 5.74) is 0.499. The van der Waals surface area contributed by atoms with E-state index in [4.69, 9.17) is 0 Å². The molecule has 0 aromatic carbocycles. The van der Waals surface area contributed by atoms with Crippen LogP contribution in [0, 0.1) is 0 Å². The molecule has 1 aliphatic rings. The van der Waals surface area contributed by atoms with Crippen molar-refractivity contribution in [2.75, 3.05) is 18.4 Å². The van der Waals surface area contributed by atoms with E-state index in [0.29, 0.717) is 22.4 Å². The Hall–Kier alpha value is -2.36. The van der Waals surface area contributed by atoms with E-state index in [1.54, 1.807) is 29.7 Å². The summed E-state index contributed by atoms with van der Waals surface area (Å²) in [5.74, 6) is 0.860.